The molecule has 0 aromatic carbocycles. The van der Waals surface area contributed by atoms with Crippen LogP contribution in [0.5, 0.6) is 5.88 Å². The summed E-state index contributed by atoms with van der Waals surface area (Å²) in [5.41, 5.74) is 0.258. The van der Waals surface area contributed by atoms with Gasteiger partial charge in [-0.2, -0.15) is 0 Å². The molecule has 2 rings (SSSR count). The van der Waals surface area contributed by atoms with Gasteiger partial charge >= 0.3 is 0 Å². The van der Waals surface area contributed by atoms with Crippen molar-refractivity contribution in [3.05, 3.63) is 22.6 Å². The smallest absolute Gasteiger partial charge is 0.250 e. The molecule has 18 heavy (non-hydrogen) atoms. The van der Waals surface area contributed by atoms with Gasteiger partial charge in [0.15, 0.2) is 5.82 Å². The van der Waals surface area contributed by atoms with E-state index in [0.29, 0.717) is 10.4 Å². The molecule has 4 heteroatoms. The Hall–Kier alpha value is -0.640. The lowest BCUT2D eigenvalue weighted by Gasteiger charge is -2.38. The summed E-state index contributed by atoms with van der Waals surface area (Å²) < 4.78 is 20.0. The van der Waals surface area contributed by atoms with Crippen LogP contribution in [0.4, 0.5) is 4.39 Å². The van der Waals surface area contributed by atoms with Crippen LogP contribution >= 0.6 is 15.9 Å². The highest BCUT2D eigenvalue weighted by Gasteiger charge is 2.33. The van der Waals surface area contributed by atoms with Gasteiger partial charge in [0.05, 0.1) is 0 Å². The van der Waals surface area contributed by atoms with Crippen LogP contribution in [0.25, 0.3) is 0 Å². The maximum Gasteiger partial charge on any atom is 0.250 e. The molecule has 1 aliphatic rings. The van der Waals surface area contributed by atoms with Gasteiger partial charge in [0.1, 0.15) is 6.10 Å². The predicted octanol–water partition coefficient (Wildman–Crippen LogP) is 4.58. The minimum Gasteiger partial charge on any atom is -0.472 e. The quantitative estimate of drug-likeness (QED) is 0.797. The lowest BCUT2D eigenvalue weighted by atomic mass is 9.71. The Balaban J connectivity index is 2.09. The molecule has 100 valence electrons. The van der Waals surface area contributed by atoms with Gasteiger partial charge in [-0.25, -0.2) is 9.37 Å². The number of nitrogens with zero attached hydrogens (tertiary/aromatic N) is 1. The van der Waals surface area contributed by atoms with Crippen molar-refractivity contribution in [2.45, 2.75) is 46.1 Å². The molecule has 0 spiro atoms. The maximum atomic E-state index is 13.7. The lowest BCUT2D eigenvalue weighted by Crippen LogP contribution is -2.34. The average molecular weight is 316 g/mol. The topological polar surface area (TPSA) is 22.1 Å². The Bertz CT molecular complexity index is 436. The Morgan fingerprint density at radius 3 is 2.78 bits per heavy atom. The highest BCUT2D eigenvalue weighted by molar-refractivity contribution is 9.10. The summed E-state index contributed by atoms with van der Waals surface area (Å²) in [6.07, 6.45) is 4.75. The van der Waals surface area contributed by atoms with Crippen molar-refractivity contribution in [3.63, 3.8) is 0 Å². The lowest BCUT2D eigenvalue weighted by molar-refractivity contribution is 0.0503. The molecule has 0 N–H and O–H groups in total. The van der Waals surface area contributed by atoms with E-state index in [0.717, 1.165) is 12.8 Å². The fraction of sp³-hybridized carbons (Fsp3) is 0.643. The fourth-order valence-electron chi connectivity index (χ4n) is 2.99. The summed E-state index contributed by atoms with van der Waals surface area (Å²) in [5.74, 6) is 0.325. The van der Waals surface area contributed by atoms with E-state index in [4.69, 9.17) is 4.74 Å². The number of hydrogen-bond acceptors (Lipinski definition) is 2. The van der Waals surface area contributed by atoms with E-state index in [2.05, 4.69) is 41.7 Å². The molecule has 1 heterocycles. The Morgan fingerprint density at radius 2 is 2.17 bits per heavy atom. The molecule has 2 unspecified atom stereocenters. The molecule has 2 atom stereocenters. The Labute approximate surface area is 116 Å². The van der Waals surface area contributed by atoms with Crippen LogP contribution in [0.2, 0.25) is 0 Å². The van der Waals surface area contributed by atoms with Crippen molar-refractivity contribution in [2.24, 2.45) is 11.3 Å². The molecule has 0 radical (unpaired) electrons. The van der Waals surface area contributed by atoms with Gasteiger partial charge in [-0.15, -0.1) is 0 Å². The van der Waals surface area contributed by atoms with Crippen LogP contribution in [0.3, 0.4) is 0 Å². The van der Waals surface area contributed by atoms with Crippen molar-refractivity contribution >= 4 is 15.9 Å². The van der Waals surface area contributed by atoms with Crippen molar-refractivity contribution in [3.8, 4) is 5.88 Å². The van der Waals surface area contributed by atoms with Crippen LogP contribution in [-0.2, 0) is 0 Å². The number of hydrogen-bond donors (Lipinski definition) is 0. The van der Waals surface area contributed by atoms with E-state index >= 15 is 0 Å². The van der Waals surface area contributed by atoms with Gasteiger partial charge in [-0.05, 0) is 52.6 Å². The van der Waals surface area contributed by atoms with E-state index in [1.54, 1.807) is 6.20 Å². The molecular formula is C14H19BrFNO. The molecule has 1 fully saturated rings. The van der Waals surface area contributed by atoms with Crippen LogP contribution in [0.15, 0.2) is 16.7 Å². The first kappa shape index (κ1) is 13.8. The zero-order valence-electron chi connectivity index (χ0n) is 11.0. The van der Waals surface area contributed by atoms with E-state index in [-0.39, 0.29) is 17.4 Å². The van der Waals surface area contributed by atoms with Gasteiger partial charge in [0.2, 0.25) is 0 Å². The van der Waals surface area contributed by atoms with E-state index in [1.165, 1.54) is 12.5 Å². The fourth-order valence-corrected chi connectivity index (χ4v) is 3.30. The number of ether oxygens (including phenoxy) is 1. The molecule has 0 bridgehead atoms. The van der Waals surface area contributed by atoms with Gasteiger partial charge in [0, 0.05) is 10.7 Å². The van der Waals surface area contributed by atoms with Crippen LogP contribution in [0.1, 0.15) is 40.0 Å². The largest absolute Gasteiger partial charge is 0.472 e. The predicted molar refractivity (Wildman–Crippen MR) is 73.1 cm³/mol. The molecule has 1 aromatic heterocycles. The Kier molecular flexibility index (Phi) is 3.95. The molecule has 2 nitrogen and oxygen atoms in total. The zero-order chi connectivity index (χ0) is 13.3. The Morgan fingerprint density at radius 1 is 1.44 bits per heavy atom. The number of aromatic nitrogens is 1. The minimum absolute atomic E-state index is 0.0620. The third-order valence-electron chi connectivity index (χ3n) is 3.40. The third-order valence-corrected chi connectivity index (χ3v) is 3.83. The molecule has 0 amide bonds. The summed E-state index contributed by atoms with van der Waals surface area (Å²) in [5, 5.41) is 0. The molecule has 1 aliphatic carbocycles. The monoisotopic (exact) mass is 315 g/mol. The van der Waals surface area contributed by atoms with Crippen molar-refractivity contribution in [1.82, 2.24) is 4.98 Å². The number of rotatable bonds is 2. The first-order chi connectivity index (χ1) is 8.35. The zero-order valence-corrected chi connectivity index (χ0v) is 12.6. The van der Waals surface area contributed by atoms with Crippen LogP contribution in [-0.4, -0.2) is 11.1 Å². The highest BCUT2D eigenvalue weighted by atomic mass is 79.9. The summed E-state index contributed by atoms with van der Waals surface area (Å²) in [6.45, 7) is 6.71. The first-order valence-corrected chi connectivity index (χ1v) is 7.13. The standard InChI is InChI=1S/C14H19BrFNO/c1-9-4-11(7-14(2,3)6-9)18-13-12(16)5-10(15)8-17-13/h5,8-9,11H,4,6-7H2,1-3H3. The van der Waals surface area contributed by atoms with Crippen molar-refractivity contribution in [1.29, 1.82) is 0 Å². The van der Waals surface area contributed by atoms with E-state index < -0.39 is 5.82 Å². The highest BCUT2D eigenvalue weighted by Crippen LogP contribution is 2.40. The van der Waals surface area contributed by atoms with E-state index in [1.807, 2.05) is 0 Å². The average Bonchev–Trinajstić information content (AvgIpc) is 2.19. The number of halogens is 2. The summed E-state index contributed by atoms with van der Waals surface area (Å²) in [7, 11) is 0. The molecular weight excluding hydrogens is 297 g/mol. The normalized spacial score (nSPS) is 26.9. The third kappa shape index (κ3) is 3.44. The molecule has 0 aliphatic heterocycles. The summed E-state index contributed by atoms with van der Waals surface area (Å²) in [6, 6.07) is 1.39. The van der Waals surface area contributed by atoms with Crippen molar-refractivity contribution in [2.75, 3.05) is 0 Å². The van der Waals surface area contributed by atoms with Gasteiger partial charge < -0.3 is 4.74 Å². The van der Waals surface area contributed by atoms with E-state index in [9.17, 15) is 4.39 Å². The van der Waals surface area contributed by atoms with Crippen molar-refractivity contribution < 1.29 is 9.13 Å². The van der Waals surface area contributed by atoms with Gasteiger partial charge in [-0.1, -0.05) is 20.8 Å². The molecule has 1 aromatic rings. The second-order valence-electron chi connectivity index (χ2n) is 6.09. The summed E-state index contributed by atoms with van der Waals surface area (Å²) >= 11 is 3.19. The first-order valence-electron chi connectivity index (χ1n) is 6.33. The second-order valence-corrected chi connectivity index (χ2v) is 7.01. The van der Waals surface area contributed by atoms with Gasteiger partial charge in [-0.3, -0.25) is 0 Å². The SMILES string of the molecule is CC1CC(Oc2ncc(Br)cc2F)CC(C)(C)C1. The van der Waals surface area contributed by atoms with Crippen LogP contribution < -0.4 is 4.74 Å². The molecule has 1 saturated carbocycles. The maximum absolute atomic E-state index is 13.7. The second kappa shape index (κ2) is 5.16. The van der Waals surface area contributed by atoms with Gasteiger partial charge in [0.25, 0.3) is 5.88 Å². The van der Waals surface area contributed by atoms with Crippen LogP contribution in [0, 0.1) is 17.2 Å². The number of pyridine rings is 1. The molecule has 0 saturated heterocycles. The summed E-state index contributed by atoms with van der Waals surface area (Å²) in [4.78, 5) is 4.00. The minimum atomic E-state index is -0.402.